The van der Waals surface area contributed by atoms with Gasteiger partial charge >= 0.3 is 5.82 Å². The van der Waals surface area contributed by atoms with E-state index in [1.54, 1.807) is 6.07 Å². The van der Waals surface area contributed by atoms with Crippen LogP contribution in [-0.4, -0.2) is 9.91 Å². The molecule has 5 nitrogen and oxygen atoms in total. The molecule has 0 saturated carbocycles. The first-order valence-electron chi connectivity index (χ1n) is 3.26. The molecule has 2 aromatic rings. The molecular formula is C7H4N2O3. The number of hydrogen-bond acceptors (Lipinski definition) is 4. The van der Waals surface area contributed by atoms with E-state index in [4.69, 9.17) is 4.42 Å². The van der Waals surface area contributed by atoms with Crippen LogP contribution in [0.1, 0.15) is 0 Å². The zero-order valence-corrected chi connectivity index (χ0v) is 5.93. The summed E-state index contributed by atoms with van der Waals surface area (Å²) in [6.45, 7) is 0. The van der Waals surface area contributed by atoms with Crippen molar-refractivity contribution >= 4 is 16.9 Å². The van der Waals surface area contributed by atoms with Gasteiger partial charge in [-0.15, -0.1) is 0 Å². The maximum atomic E-state index is 10.3. The highest BCUT2D eigenvalue weighted by Gasteiger charge is 2.09. The summed E-state index contributed by atoms with van der Waals surface area (Å²) < 4.78 is 4.97. The molecule has 5 heteroatoms. The van der Waals surface area contributed by atoms with Crippen molar-refractivity contribution in [3.63, 3.8) is 0 Å². The zero-order valence-electron chi connectivity index (χ0n) is 5.93. The number of fused-ring (bicyclic) bond motifs is 1. The van der Waals surface area contributed by atoms with Crippen LogP contribution in [0, 0.1) is 10.1 Å². The average molecular weight is 164 g/mol. The smallest absolute Gasteiger partial charge is 0.364 e. The van der Waals surface area contributed by atoms with Gasteiger partial charge in [-0.2, -0.15) is 0 Å². The topological polar surface area (TPSA) is 69.2 Å². The van der Waals surface area contributed by atoms with Crippen LogP contribution in [0.25, 0.3) is 11.1 Å². The standard InChI is InChI=1S/C7H4N2O3/c10-9(11)7-2-1-6-5(8-7)3-4-12-6/h1-4H. The quantitative estimate of drug-likeness (QED) is 0.475. The maximum absolute atomic E-state index is 10.3. The van der Waals surface area contributed by atoms with Gasteiger partial charge in [0.2, 0.25) is 5.52 Å². The van der Waals surface area contributed by atoms with Crippen molar-refractivity contribution in [3.05, 3.63) is 34.6 Å². The summed E-state index contributed by atoms with van der Waals surface area (Å²) in [5.74, 6) is -0.163. The molecular weight excluding hydrogens is 160 g/mol. The van der Waals surface area contributed by atoms with E-state index < -0.39 is 4.92 Å². The summed E-state index contributed by atoms with van der Waals surface area (Å²) in [7, 11) is 0. The van der Waals surface area contributed by atoms with E-state index in [1.165, 1.54) is 18.4 Å². The third-order valence-electron chi connectivity index (χ3n) is 1.48. The number of rotatable bonds is 1. The lowest BCUT2D eigenvalue weighted by Crippen LogP contribution is -1.90. The van der Waals surface area contributed by atoms with Crippen molar-refractivity contribution in [1.82, 2.24) is 4.98 Å². The van der Waals surface area contributed by atoms with Crippen LogP contribution in [0.2, 0.25) is 0 Å². The van der Waals surface area contributed by atoms with Crippen molar-refractivity contribution in [2.45, 2.75) is 0 Å². The normalized spacial score (nSPS) is 10.3. The summed E-state index contributed by atoms with van der Waals surface area (Å²) in [5.41, 5.74) is 1.06. The highest BCUT2D eigenvalue weighted by Crippen LogP contribution is 2.16. The van der Waals surface area contributed by atoms with Crippen LogP contribution in [0.3, 0.4) is 0 Å². The lowest BCUT2D eigenvalue weighted by atomic mass is 10.4. The van der Waals surface area contributed by atoms with Gasteiger partial charge in [-0.25, -0.2) is 0 Å². The Balaban J connectivity index is 2.68. The predicted molar refractivity (Wildman–Crippen MR) is 40.7 cm³/mol. The number of nitro groups is 1. The fraction of sp³-hybridized carbons (Fsp3) is 0. The first-order chi connectivity index (χ1) is 5.77. The second-order valence-corrected chi connectivity index (χ2v) is 2.23. The summed E-state index contributed by atoms with van der Waals surface area (Å²) in [5, 5.41) is 10.3. The maximum Gasteiger partial charge on any atom is 0.364 e. The van der Waals surface area contributed by atoms with Crippen LogP contribution in [0.5, 0.6) is 0 Å². The largest absolute Gasteiger partial charge is 0.460 e. The SMILES string of the molecule is O=[N+]([O-])c1ccc2occc2n1. The molecule has 0 unspecified atom stereocenters. The molecule has 0 aliphatic carbocycles. The summed E-state index contributed by atoms with van der Waals surface area (Å²) in [4.78, 5) is 13.5. The van der Waals surface area contributed by atoms with Crippen molar-refractivity contribution in [3.8, 4) is 0 Å². The van der Waals surface area contributed by atoms with Gasteiger partial charge in [0, 0.05) is 12.1 Å². The van der Waals surface area contributed by atoms with Crippen LogP contribution in [0.4, 0.5) is 5.82 Å². The molecule has 12 heavy (non-hydrogen) atoms. The number of furan rings is 1. The highest BCUT2D eigenvalue weighted by molar-refractivity contribution is 5.73. The van der Waals surface area contributed by atoms with Crippen LogP contribution in [-0.2, 0) is 0 Å². The molecule has 0 fully saturated rings. The third-order valence-corrected chi connectivity index (χ3v) is 1.48. The fourth-order valence-electron chi connectivity index (χ4n) is 0.944. The molecule has 0 spiro atoms. The summed E-state index contributed by atoms with van der Waals surface area (Å²) in [6.07, 6.45) is 1.45. The molecule has 0 N–H and O–H groups in total. The molecule has 0 aliphatic heterocycles. The predicted octanol–water partition coefficient (Wildman–Crippen LogP) is 1.74. The number of aromatic nitrogens is 1. The Morgan fingerprint density at radius 2 is 2.25 bits per heavy atom. The summed E-state index contributed by atoms with van der Waals surface area (Å²) >= 11 is 0. The highest BCUT2D eigenvalue weighted by atomic mass is 16.6. The van der Waals surface area contributed by atoms with Crippen molar-refractivity contribution in [2.75, 3.05) is 0 Å². The van der Waals surface area contributed by atoms with Gasteiger partial charge in [-0.05, 0) is 16.0 Å². The first kappa shape index (κ1) is 6.78. The minimum Gasteiger partial charge on any atom is -0.460 e. The van der Waals surface area contributed by atoms with Gasteiger partial charge in [0.25, 0.3) is 0 Å². The van der Waals surface area contributed by atoms with E-state index in [9.17, 15) is 10.1 Å². The van der Waals surface area contributed by atoms with E-state index in [0.29, 0.717) is 11.1 Å². The molecule has 0 amide bonds. The van der Waals surface area contributed by atoms with Gasteiger partial charge < -0.3 is 14.5 Å². The molecule has 0 aromatic carbocycles. The van der Waals surface area contributed by atoms with Crippen molar-refractivity contribution in [2.24, 2.45) is 0 Å². The first-order valence-corrected chi connectivity index (χ1v) is 3.26. The van der Waals surface area contributed by atoms with E-state index >= 15 is 0 Å². The second-order valence-electron chi connectivity index (χ2n) is 2.23. The Kier molecular flexibility index (Phi) is 1.30. The summed E-state index contributed by atoms with van der Waals surface area (Å²) in [6, 6.07) is 4.43. The van der Waals surface area contributed by atoms with Crippen molar-refractivity contribution < 1.29 is 9.34 Å². The molecule has 0 aliphatic rings. The molecule has 2 aromatic heterocycles. The van der Waals surface area contributed by atoms with Crippen LogP contribution in [0.15, 0.2) is 28.9 Å². The lowest BCUT2D eigenvalue weighted by molar-refractivity contribution is -0.389. The Bertz CT molecular complexity index is 435. The number of pyridine rings is 1. The second kappa shape index (κ2) is 2.30. The van der Waals surface area contributed by atoms with Crippen LogP contribution < -0.4 is 0 Å². The average Bonchev–Trinajstić information content (AvgIpc) is 2.49. The van der Waals surface area contributed by atoms with E-state index in [0.717, 1.165) is 0 Å². The molecule has 0 saturated heterocycles. The Morgan fingerprint density at radius 1 is 1.42 bits per heavy atom. The number of hydrogen-bond donors (Lipinski definition) is 0. The lowest BCUT2D eigenvalue weighted by Gasteiger charge is -1.88. The molecule has 2 heterocycles. The Hall–Kier alpha value is -1.91. The van der Waals surface area contributed by atoms with Gasteiger partial charge in [0.1, 0.15) is 0 Å². The fourth-order valence-corrected chi connectivity index (χ4v) is 0.944. The Morgan fingerprint density at radius 3 is 3.00 bits per heavy atom. The minimum absolute atomic E-state index is 0.163. The molecule has 0 atom stereocenters. The van der Waals surface area contributed by atoms with E-state index in [2.05, 4.69) is 4.98 Å². The minimum atomic E-state index is -0.535. The molecule has 60 valence electrons. The van der Waals surface area contributed by atoms with Crippen LogP contribution >= 0.6 is 0 Å². The van der Waals surface area contributed by atoms with Gasteiger partial charge in [0.05, 0.1) is 6.26 Å². The molecule has 0 radical (unpaired) electrons. The van der Waals surface area contributed by atoms with Crippen molar-refractivity contribution in [1.29, 1.82) is 0 Å². The van der Waals surface area contributed by atoms with Gasteiger partial charge in [-0.3, -0.25) is 0 Å². The third kappa shape index (κ3) is 0.914. The zero-order chi connectivity index (χ0) is 8.55. The van der Waals surface area contributed by atoms with E-state index in [1.807, 2.05) is 0 Å². The molecule has 2 rings (SSSR count). The van der Waals surface area contributed by atoms with Gasteiger partial charge in [-0.1, -0.05) is 0 Å². The molecule has 0 bridgehead atoms. The van der Waals surface area contributed by atoms with E-state index in [-0.39, 0.29) is 5.82 Å². The number of nitrogens with zero attached hydrogens (tertiary/aromatic N) is 2. The Labute approximate surface area is 66.8 Å². The van der Waals surface area contributed by atoms with Gasteiger partial charge in [0.15, 0.2) is 5.58 Å². The monoisotopic (exact) mass is 164 g/mol.